The predicted molar refractivity (Wildman–Crippen MR) is 135 cm³/mol. The SMILES string of the molecule is Cc1noc(C)c1S(=O)(=O)Nc1ccc2c(c1)C(=O)N([C@@H](C)CO)C[C@H](C)[C@H](CN(C)CC1CC1)O2. The molecular formula is C25H36N4O6S. The molecule has 1 aliphatic carbocycles. The summed E-state index contributed by atoms with van der Waals surface area (Å²) in [5.41, 5.74) is 0.718. The van der Waals surface area contributed by atoms with Crippen molar-refractivity contribution in [3.63, 3.8) is 0 Å². The van der Waals surface area contributed by atoms with Gasteiger partial charge in [-0.1, -0.05) is 12.1 Å². The van der Waals surface area contributed by atoms with Gasteiger partial charge in [0, 0.05) is 31.2 Å². The number of ether oxygens (including phenoxy) is 1. The molecule has 1 aliphatic heterocycles. The number of amides is 1. The Bertz CT molecular complexity index is 1190. The summed E-state index contributed by atoms with van der Waals surface area (Å²) in [4.78, 5) is 17.5. The smallest absolute Gasteiger partial charge is 0.267 e. The number of hydrogen-bond donors (Lipinski definition) is 2. The number of carbonyl (C=O) groups excluding carboxylic acids is 1. The number of aromatic nitrogens is 1. The highest BCUT2D eigenvalue weighted by molar-refractivity contribution is 7.92. The summed E-state index contributed by atoms with van der Waals surface area (Å²) >= 11 is 0. The second-order valence-corrected chi connectivity index (χ2v) is 11.9. The molecule has 10 nitrogen and oxygen atoms in total. The molecule has 1 fully saturated rings. The van der Waals surface area contributed by atoms with Crippen LogP contribution in [0.5, 0.6) is 5.75 Å². The van der Waals surface area contributed by atoms with Gasteiger partial charge in [0.15, 0.2) is 10.7 Å². The van der Waals surface area contributed by atoms with Crippen LogP contribution in [-0.2, 0) is 10.0 Å². The van der Waals surface area contributed by atoms with Crippen molar-refractivity contribution in [2.45, 2.75) is 57.6 Å². The number of hydrogen-bond acceptors (Lipinski definition) is 8. The van der Waals surface area contributed by atoms with Crippen molar-refractivity contribution in [2.75, 3.05) is 38.0 Å². The Morgan fingerprint density at radius 1 is 1.28 bits per heavy atom. The number of aliphatic hydroxyl groups is 1. The fourth-order valence-electron chi connectivity index (χ4n) is 4.69. The maximum atomic E-state index is 13.6. The molecule has 2 heterocycles. The van der Waals surface area contributed by atoms with Gasteiger partial charge in [0.05, 0.1) is 18.2 Å². The molecule has 0 saturated heterocycles. The lowest BCUT2D eigenvalue weighted by Crippen LogP contribution is -2.50. The maximum absolute atomic E-state index is 13.6. The summed E-state index contributed by atoms with van der Waals surface area (Å²) in [5, 5.41) is 13.6. The van der Waals surface area contributed by atoms with Crippen LogP contribution < -0.4 is 9.46 Å². The Balaban J connectivity index is 1.66. The van der Waals surface area contributed by atoms with E-state index in [0.29, 0.717) is 18.8 Å². The highest BCUT2D eigenvalue weighted by atomic mass is 32.2. The van der Waals surface area contributed by atoms with Crippen molar-refractivity contribution in [2.24, 2.45) is 11.8 Å². The minimum Gasteiger partial charge on any atom is -0.488 e. The monoisotopic (exact) mass is 520 g/mol. The summed E-state index contributed by atoms with van der Waals surface area (Å²) in [6.07, 6.45) is 2.34. The number of rotatable bonds is 9. The molecule has 4 rings (SSSR count). The zero-order valence-corrected chi connectivity index (χ0v) is 22.3. The average Bonchev–Trinajstić information content (AvgIpc) is 3.56. The summed E-state index contributed by atoms with van der Waals surface area (Å²) < 4.78 is 40.0. The maximum Gasteiger partial charge on any atom is 0.267 e. The first kappa shape index (κ1) is 26.4. The average molecular weight is 521 g/mol. The Morgan fingerprint density at radius 3 is 2.61 bits per heavy atom. The standard InChI is InChI=1S/C25H36N4O6S/c1-15-11-29(16(2)14-30)25(31)21-10-20(27-36(32,33)24-17(3)26-35-18(24)4)8-9-22(21)34-23(15)13-28(5)12-19-6-7-19/h8-10,15-16,19,23,27,30H,6-7,11-14H2,1-5H3/t15-,16-,23-/m0/s1. The first-order valence-corrected chi connectivity index (χ1v) is 13.8. The van der Waals surface area contributed by atoms with Crippen molar-refractivity contribution < 1.29 is 27.6 Å². The number of benzene rings is 1. The van der Waals surface area contributed by atoms with Crippen LogP contribution in [0.3, 0.4) is 0 Å². The third-order valence-corrected chi connectivity index (χ3v) is 8.54. The molecule has 2 aliphatic rings. The van der Waals surface area contributed by atoms with Crippen LogP contribution in [-0.4, -0.2) is 79.8 Å². The Hall–Kier alpha value is -2.63. The molecule has 2 aromatic rings. The lowest BCUT2D eigenvalue weighted by molar-refractivity contribution is 0.0344. The normalized spacial score (nSPS) is 21.5. The van der Waals surface area contributed by atoms with Crippen molar-refractivity contribution in [3.8, 4) is 5.75 Å². The second kappa shape index (κ2) is 10.4. The van der Waals surface area contributed by atoms with E-state index in [4.69, 9.17) is 9.26 Å². The predicted octanol–water partition coefficient (Wildman–Crippen LogP) is 2.65. The van der Waals surface area contributed by atoms with Gasteiger partial charge < -0.3 is 24.2 Å². The number of fused-ring (bicyclic) bond motifs is 1. The van der Waals surface area contributed by atoms with E-state index in [1.807, 2.05) is 0 Å². The summed E-state index contributed by atoms with van der Waals surface area (Å²) in [6, 6.07) is 4.30. The van der Waals surface area contributed by atoms with Gasteiger partial charge in [0.25, 0.3) is 15.9 Å². The van der Waals surface area contributed by atoms with Crippen LogP contribution in [0.4, 0.5) is 5.69 Å². The molecule has 0 unspecified atom stereocenters. The van der Waals surface area contributed by atoms with E-state index in [0.717, 1.165) is 12.5 Å². The van der Waals surface area contributed by atoms with Gasteiger partial charge in [-0.15, -0.1) is 0 Å². The molecule has 11 heteroatoms. The molecule has 0 radical (unpaired) electrons. The number of aryl methyl sites for hydroxylation is 2. The van der Waals surface area contributed by atoms with Crippen LogP contribution in [0.1, 0.15) is 48.5 Å². The third-order valence-electron chi connectivity index (χ3n) is 6.91. The van der Waals surface area contributed by atoms with Gasteiger partial charge in [-0.25, -0.2) is 8.42 Å². The van der Waals surface area contributed by atoms with Gasteiger partial charge in [-0.2, -0.15) is 0 Å². The largest absolute Gasteiger partial charge is 0.488 e. The number of likely N-dealkylation sites (N-methyl/N-ethyl adjacent to an activating group) is 1. The quantitative estimate of drug-likeness (QED) is 0.517. The van der Waals surface area contributed by atoms with E-state index in [2.05, 4.69) is 28.8 Å². The summed E-state index contributed by atoms with van der Waals surface area (Å²) in [6.45, 7) is 8.88. The molecule has 198 valence electrons. The molecule has 0 bridgehead atoms. The molecule has 1 amide bonds. The number of carbonyl (C=O) groups is 1. The van der Waals surface area contributed by atoms with E-state index in [9.17, 15) is 18.3 Å². The van der Waals surface area contributed by atoms with E-state index in [1.54, 1.807) is 30.9 Å². The Labute approximate surface area is 212 Å². The van der Waals surface area contributed by atoms with Crippen LogP contribution >= 0.6 is 0 Å². The van der Waals surface area contributed by atoms with Gasteiger partial charge in [-0.3, -0.25) is 9.52 Å². The topological polar surface area (TPSA) is 125 Å². The highest BCUT2D eigenvalue weighted by Crippen LogP contribution is 2.33. The molecule has 0 spiro atoms. The third kappa shape index (κ3) is 5.68. The Kier molecular flexibility index (Phi) is 7.63. The van der Waals surface area contributed by atoms with E-state index >= 15 is 0 Å². The van der Waals surface area contributed by atoms with Crippen LogP contribution in [0.25, 0.3) is 0 Å². The van der Waals surface area contributed by atoms with Gasteiger partial charge in [0.2, 0.25) is 0 Å². The molecule has 1 saturated carbocycles. The van der Waals surface area contributed by atoms with Crippen LogP contribution in [0, 0.1) is 25.7 Å². The number of nitrogens with one attached hydrogen (secondary N) is 1. The lowest BCUT2D eigenvalue weighted by Gasteiger charge is -2.38. The number of sulfonamides is 1. The van der Waals surface area contributed by atoms with Gasteiger partial charge >= 0.3 is 0 Å². The highest BCUT2D eigenvalue weighted by Gasteiger charge is 2.34. The summed E-state index contributed by atoms with van der Waals surface area (Å²) in [5.74, 6) is 1.02. The van der Waals surface area contributed by atoms with Crippen molar-refractivity contribution in [1.29, 1.82) is 0 Å². The van der Waals surface area contributed by atoms with E-state index < -0.39 is 16.1 Å². The number of nitrogens with zero attached hydrogens (tertiary/aromatic N) is 3. The second-order valence-electron chi connectivity index (χ2n) is 10.3. The molecular weight excluding hydrogens is 484 g/mol. The van der Waals surface area contributed by atoms with Crippen molar-refractivity contribution in [3.05, 3.63) is 35.2 Å². The molecule has 1 aromatic heterocycles. The van der Waals surface area contributed by atoms with E-state index in [1.165, 1.54) is 25.8 Å². The van der Waals surface area contributed by atoms with Crippen LogP contribution in [0.2, 0.25) is 0 Å². The first-order valence-electron chi connectivity index (χ1n) is 12.4. The fraction of sp³-hybridized carbons (Fsp3) is 0.600. The van der Waals surface area contributed by atoms with Gasteiger partial charge in [-0.05, 0) is 64.8 Å². The van der Waals surface area contributed by atoms with Gasteiger partial charge in [0.1, 0.15) is 17.5 Å². The number of anilines is 1. The fourth-order valence-corrected chi connectivity index (χ4v) is 6.07. The zero-order chi connectivity index (χ0) is 26.2. The van der Waals surface area contributed by atoms with Crippen molar-refractivity contribution in [1.82, 2.24) is 15.0 Å². The van der Waals surface area contributed by atoms with Crippen LogP contribution in [0.15, 0.2) is 27.6 Å². The number of aliphatic hydroxyl groups excluding tert-OH is 1. The zero-order valence-electron chi connectivity index (χ0n) is 21.5. The molecule has 36 heavy (non-hydrogen) atoms. The first-order chi connectivity index (χ1) is 17.0. The Morgan fingerprint density at radius 2 is 2.00 bits per heavy atom. The minimum absolute atomic E-state index is 0.0236. The molecule has 1 aromatic carbocycles. The molecule has 2 N–H and O–H groups in total. The minimum atomic E-state index is -3.99. The molecule has 3 atom stereocenters. The lowest BCUT2D eigenvalue weighted by atomic mass is 9.99. The summed E-state index contributed by atoms with van der Waals surface area (Å²) in [7, 11) is -1.90. The van der Waals surface area contributed by atoms with E-state index in [-0.39, 0.29) is 52.1 Å². The van der Waals surface area contributed by atoms with Crippen molar-refractivity contribution >= 4 is 21.6 Å².